The Morgan fingerprint density at radius 3 is 2.76 bits per heavy atom. The predicted octanol–water partition coefficient (Wildman–Crippen LogP) is 3.36. The second-order valence-corrected chi connectivity index (χ2v) is 7.16. The van der Waals surface area contributed by atoms with E-state index in [9.17, 15) is 4.79 Å². The Labute approximate surface area is 168 Å². The predicted molar refractivity (Wildman–Crippen MR) is 110 cm³/mol. The quantitative estimate of drug-likeness (QED) is 0.526. The third kappa shape index (κ3) is 3.73. The molecule has 29 heavy (non-hydrogen) atoms. The Kier molecular flexibility index (Phi) is 5.07. The van der Waals surface area contributed by atoms with E-state index in [0.717, 1.165) is 29.0 Å². The molecule has 0 bridgehead atoms. The third-order valence-corrected chi connectivity index (χ3v) is 5.18. The fourth-order valence-electron chi connectivity index (χ4n) is 3.31. The highest BCUT2D eigenvalue weighted by molar-refractivity contribution is 5.95. The lowest BCUT2D eigenvalue weighted by Crippen LogP contribution is -2.33. The van der Waals surface area contributed by atoms with Gasteiger partial charge in [-0.3, -0.25) is 4.79 Å². The molecule has 0 radical (unpaired) electrons. The van der Waals surface area contributed by atoms with Gasteiger partial charge in [0, 0.05) is 5.56 Å². The van der Waals surface area contributed by atoms with Gasteiger partial charge in [-0.25, -0.2) is 4.98 Å². The molecule has 0 aliphatic rings. The van der Waals surface area contributed by atoms with Crippen LogP contribution in [0.3, 0.4) is 0 Å². The number of aromatic nitrogens is 6. The maximum Gasteiger partial charge on any atom is 0.251 e. The van der Waals surface area contributed by atoms with Crippen LogP contribution in [0.15, 0.2) is 48.5 Å². The molecule has 4 aromatic rings. The molecule has 2 aromatic heterocycles. The molecule has 4 rings (SSSR count). The molecule has 2 N–H and O–H groups in total. The number of nitrogens with zero attached hydrogens (tertiary/aromatic N) is 5. The molecule has 0 saturated carbocycles. The standard InChI is InChI=1S/C21H23N7O/c1-4-13(2)19(20-22-17-10-5-6-11-18(17)23-20)24-21(29)15-8-7-9-16(12-15)28-14(3)25-26-27-28/h5-13,19H,4H2,1-3H3,(H,22,23)(H,24,29)/t13-,19+/m0/s1. The molecule has 2 heterocycles. The van der Waals surface area contributed by atoms with Crippen molar-refractivity contribution in [2.45, 2.75) is 33.2 Å². The van der Waals surface area contributed by atoms with Crippen LogP contribution in [0.4, 0.5) is 0 Å². The number of amides is 1. The Morgan fingerprint density at radius 2 is 2.03 bits per heavy atom. The fourth-order valence-corrected chi connectivity index (χ4v) is 3.31. The van der Waals surface area contributed by atoms with Gasteiger partial charge in [0.1, 0.15) is 5.82 Å². The van der Waals surface area contributed by atoms with Gasteiger partial charge in [0.05, 0.1) is 22.8 Å². The van der Waals surface area contributed by atoms with Crippen LogP contribution < -0.4 is 5.32 Å². The van der Waals surface area contributed by atoms with E-state index < -0.39 is 0 Å². The number of nitrogens with one attached hydrogen (secondary N) is 2. The van der Waals surface area contributed by atoms with Gasteiger partial charge in [-0.1, -0.05) is 38.5 Å². The van der Waals surface area contributed by atoms with Crippen molar-refractivity contribution in [1.82, 2.24) is 35.5 Å². The number of aromatic amines is 1. The summed E-state index contributed by atoms with van der Waals surface area (Å²) in [5.74, 6) is 1.47. The van der Waals surface area contributed by atoms with Gasteiger partial charge in [-0.2, -0.15) is 4.68 Å². The maximum absolute atomic E-state index is 13.1. The molecule has 0 aliphatic heterocycles. The zero-order valence-electron chi connectivity index (χ0n) is 16.6. The van der Waals surface area contributed by atoms with Gasteiger partial charge in [0.15, 0.2) is 5.82 Å². The Hall–Kier alpha value is -3.55. The number of carbonyl (C=O) groups excluding carboxylic acids is 1. The fraction of sp³-hybridized carbons (Fsp3) is 0.286. The second-order valence-electron chi connectivity index (χ2n) is 7.16. The Bertz CT molecular complexity index is 1110. The van der Waals surface area contributed by atoms with Crippen LogP contribution >= 0.6 is 0 Å². The summed E-state index contributed by atoms with van der Waals surface area (Å²) >= 11 is 0. The molecular formula is C21H23N7O. The van der Waals surface area contributed by atoms with E-state index in [1.807, 2.05) is 43.3 Å². The minimum atomic E-state index is -0.224. The minimum Gasteiger partial charge on any atom is -0.342 e. The first-order chi connectivity index (χ1) is 14.1. The molecule has 1 amide bonds. The summed E-state index contributed by atoms with van der Waals surface area (Å²) in [5, 5.41) is 14.7. The van der Waals surface area contributed by atoms with Gasteiger partial charge in [0.2, 0.25) is 0 Å². The second kappa shape index (κ2) is 7.83. The third-order valence-electron chi connectivity index (χ3n) is 5.18. The lowest BCUT2D eigenvalue weighted by molar-refractivity contribution is 0.0920. The van der Waals surface area contributed by atoms with E-state index in [0.29, 0.717) is 11.4 Å². The summed E-state index contributed by atoms with van der Waals surface area (Å²) in [6, 6.07) is 14.9. The number of carbonyl (C=O) groups is 1. The van der Waals surface area contributed by atoms with Gasteiger partial charge in [-0.15, -0.1) is 5.10 Å². The first-order valence-corrected chi connectivity index (χ1v) is 9.67. The van der Waals surface area contributed by atoms with Gasteiger partial charge < -0.3 is 10.3 Å². The zero-order valence-corrected chi connectivity index (χ0v) is 16.6. The van der Waals surface area contributed by atoms with Gasteiger partial charge in [-0.05, 0) is 53.6 Å². The molecular weight excluding hydrogens is 366 g/mol. The molecule has 8 nitrogen and oxygen atoms in total. The lowest BCUT2D eigenvalue weighted by atomic mass is 9.98. The van der Waals surface area contributed by atoms with E-state index in [4.69, 9.17) is 4.98 Å². The van der Waals surface area contributed by atoms with Crippen LogP contribution in [-0.4, -0.2) is 36.1 Å². The number of H-pyrrole nitrogens is 1. The summed E-state index contributed by atoms with van der Waals surface area (Å²) in [6.45, 7) is 6.03. The van der Waals surface area contributed by atoms with Crippen molar-refractivity contribution >= 4 is 16.9 Å². The molecule has 2 aromatic carbocycles. The summed E-state index contributed by atoms with van der Waals surface area (Å²) < 4.78 is 1.60. The van der Waals surface area contributed by atoms with E-state index in [-0.39, 0.29) is 17.9 Å². The Morgan fingerprint density at radius 1 is 1.21 bits per heavy atom. The molecule has 0 aliphatic carbocycles. The van der Waals surface area contributed by atoms with Crippen LogP contribution in [0, 0.1) is 12.8 Å². The first-order valence-electron chi connectivity index (χ1n) is 9.67. The molecule has 2 atom stereocenters. The maximum atomic E-state index is 13.1. The average Bonchev–Trinajstić information content (AvgIpc) is 3.37. The average molecular weight is 389 g/mol. The lowest BCUT2D eigenvalue weighted by Gasteiger charge is -2.22. The van der Waals surface area contributed by atoms with Crippen LogP contribution in [-0.2, 0) is 0 Å². The molecule has 148 valence electrons. The number of benzene rings is 2. The van der Waals surface area contributed by atoms with Crippen LogP contribution in [0.5, 0.6) is 0 Å². The van der Waals surface area contributed by atoms with Crippen LogP contribution in [0.1, 0.15) is 48.3 Å². The summed E-state index contributed by atoms with van der Waals surface area (Å²) in [4.78, 5) is 21.1. The highest BCUT2D eigenvalue weighted by Crippen LogP contribution is 2.25. The Balaban J connectivity index is 1.63. The highest BCUT2D eigenvalue weighted by atomic mass is 16.1. The molecule has 0 spiro atoms. The molecule has 0 fully saturated rings. The summed E-state index contributed by atoms with van der Waals surface area (Å²) in [6.07, 6.45) is 0.909. The number of imidazole rings is 1. The van der Waals surface area contributed by atoms with E-state index in [2.05, 4.69) is 39.7 Å². The van der Waals surface area contributed by atoms with E-state index in [1.165, 1.54) is 0 Å². The van der Waals surface area contributed by atoms with Crippen molar-refractivity contribution in [2.75, 3.05) is 0 Å². The van der Waals surface area contributed by atoms with Crippen molar-refractivity contribution in [3.05, 3.63) is 65.7 Å². The zero-order chi connectivity index (χ0) is 20.4. The molecule has 0 unspecified atom stereocenters. The largest absolute Gasteiger partial charge is 0.342 e. The van der Waals surface area contributed by atoms with Crippen molar-refractivity contribution in [1.29, 1.82) is 0 Å². The number of para-hydroxylation sites is 2. The van der Waals surface area contributed by atoms with E-state index in [1.54, 1.807) is 16.8 Å². The number of rotatable bonds is 6. The number of aryl methyl sites for hydroxylation is 1. The van der Waals surface area contributed by atoms with Gasteiger partial charge in [0.25, 0.3) is 5.91 Å². The number of hydrogen-bond donors (Lipinski definition) is 2. The van der Waals surface area contributed by atoms with Crippen LogP contribution in [0.2, 0.25) is 0 Å². The van der Waals surface area contributed by atoms with E-state index >= 15 is 0 Å². The first kappa shape index (κ1) is 18.8. The number of hydrogen-bond acceptors (Lipinski definition) is 5. The van der Waals surface area contributed by atoms with Crippen molar-refractivity contribution in [2.24, 2.45) is 5.92 Å². The van der Waals surface area contributed by atoms with Crippen molar-refractivity contribution < 1.29 is 4.79 Å². The highest BCUT2D eigenvalue weighted by Gasteiger charge is 2.24. The topological polar surface area (TPSA) is 101 Å². The number of tetrazole rings is 1. The molecule has 0 saturated heterocycles. The molecule has 8 heteroatoms. The minimum absolute atomic E-state index is 0.164. The SMILES string of the molecule is CC[C@H](C)[C@@H](NC(=O)c1cccc(-n2nnnc2C)c1)c1nc2ccccc2[nH]1. The van der Waals surface area contributed by atoms with Crippen molar-refractivity contribution in [3.63, 3.8) is 0 Å². The monoisotopic (exact) mass is 389 g/mol. The van der Waals surface area contributed by atoms with Gasteiger partial charge >= 0.3 is 0 Å². The normalized spacial score (nSPS) is 13.3. The van der Waals surface area contributed by atoms with Crippen molar-refractivity contribution in [3.8, 4) is 5.69 Å². The number of fused-ring (bicyclic) bond motifs is 1. The smallest absolute Gasteiger partial charge is 0.251 e. The van der Waals surface area contributed by atoms with Crippen LogP contribution in [0.25, 0.3) is 16.7 Å². The summed E-state index contributed by atoms with van der Waals surface area (Å²) in [5.41, 5.74) is 3.13. The summed E-state index contributed by atoms with van der Waals surface area (Å²) in [7, 11) is 0.